The van der Waals surface area contributed by atoms with Crippen LogP contribution in [0.1, 0.15) is 59.8 Å². The first-order valence-corrected chi connectivity index (χ1v) is 10.2. The number of carbonyl (C=O) groups excluding carboxylic acids is 3. The van der Waals surface area contributed by atoms with Gasteiger partial charge in [-0.3, -0.25) is 14.4 Å². The lowest BCUT2D eigenvalue weighted by Gasteiger charge is -2.63. The van der Waals surface area contributed by atoms with E-state index in [2.05, 4.69) is 0 Å². The summed E-state index contributed by atoms with van der Waals surface area (Å²) >= 11 is 0. The lowest BCUT2D eigenvalue weighted by Crippen LogP contribution is -2.67. The standard InChI is InChI=1S/C22H28F2O4/c1-11-18(27)17(26)10-15-16(23)9-14-13-5-6-22(28,12(2)25)19(13,3)7-8-21(14,24)20(11,15)4/h10-11,13-14,16,28H,5-9H2,1-4H3/t11?,13-,14-,16?,19-,20-,21+,22-/m0/s1. The van der Waals surface area contributed by atoms with Crippen LogP contribution < -0.4 is 0 Å². The van der Waals surface area contributed by atoms with Crippen molar-refractivity contribution >= 4 is 17.3 Å². The second-order valence-electron chi connectivity index (χ2n) is 9.90. The molecular weight excluding hydrogens is 366 g/mol. The number of carbonyl (C=O) groups is 3. The molecule has 0 aliphatic heterocycles. The summed E-state index contributed by atoms with van der Waals surface area (Å²) in [5, 5.41) is 11.1. The van der Waals surface area contributed by atoms with E-state index in [-0.39, 0.29) is 43.0 Å². The Bertz CT molecular complexity index is 821. The number of hydrogen-bond acceptors (Lipinski definition) is 4. The molecule has 4 rings (SSSR count). The molecule has 0 radical (unpaired) electrons. The van der Waals surface area contributed by atoms with Crippen LogP contribution in [-0.4, -0.2) is 39.9 Å². The van der Waals surface area contributed by atoms with Crippen LogP contribution in [0.2, 0.25) is 0 Å². The molecule has 2 unspecified atom stereocenters. The van der Waals surface area contributed by atoms with Crippen LogP contribution in [0.25, 0.3) is 0 Å². The van der Waals surface area contributed by atoms with Gasteiger partial charge in [0.15, 0.2) is 5.78 Å². The number of fused-ring (bicyclic) bond motifs is 5. The maximum Gasteiger partial charge on any atom is 0.221 e. The molecular formula is C22H28F2O4. The molecule has 3 fully saturated rings. The Morgan fingerprint density at radius 1 is 1.18 bits per heavy atom. The van der Waals surface area contributed by atoms with E-state index in [0.29, 0.717) is 6.42 Å². The van der Waals surface area contributed by atoms with Gasteiger partial charge in [-0.05, 0) is 56.6 Å². The van der Waals surface area contributed by atoms with E-state index in [9.17, 15) is 19.5 Å². The van der Waals surface area contributed by atoms with Gasteiger partial charge < -0.3 is 5.11 Å². The minimum absolute atomic E-state index is 0.0344. The number of hydrogen-bond donors (Lipinski definition) is 1. The van der Waals surface area contributed by atoms with Crippen molar-refractivity contribution in [3.63, 3.8) is 0 Å². The van der Waals surface area contributed by atoms with E-state index in [4.69, 9.17) is 0 Å². The summed E-state index contributed by atoms with van der Waals surface area (Å²) in [6, 6.07) is 0. The number of alkyl halides is 2. The van der Waals surface area contributed by atoms with Crippen molar-refractivity contribution in [3.05, 3.63) is 11.6 Å². The third kappa shape index (κ3) is 1.95. The number of aliphatic hydroxyl groups is 1. The van der Waals surface area contributed by atoms with Gasteiger partial charge >= 0.3 is 0 Å². The van der Waals surface area contributed by atoms with Gasteiger partial charge in [-0.15, -0.1) is 0 Å². The van der Waals surface area contributed by atoms with Gasteiger partial charge in [0.25, 0.3) is 0 Å². The Labute approximate surface area is 163 Å². The van der Waals surface area contributed by atoms with E-state index in [1.807, 2.05) is 6.92 Å². The predicted molar refractivity (Wildman–Crippen MR) is 97.9 cm³/mol. The highest BCUT2D eigenvalue weighted by Crippen LogP contribution is 2.71. The van der Waals surface area contributed by atoms with Crippen molar-refractivity contribution in [2.75, 3.05) is 0 Å². The monoisotopic (exact) mass is 394 g/mol. The van der Waals surface area contributed by atoms with Crippen molar-refractivity contribution in [1.82, 2.24) is 0 Å². The zero-order chi connectivity index (χ0) is 20.9. The van der Waals surface area contributed by atoms with Crippen molar-refractivity contribution < 1.29 is 28.3 Å². The Kier molecular flexibility index (Phi) is 3.96. The fourth-order valence-electron chi connectivity index (χ4n) is 7.29. The average Bonchev–Trinajstić information content (AvgIpc) is 2.91. The van der Waals surface area contributed by atoms with Crippen LogP contribution >= 0.6 is 0 Å². The molecule has 3 saturated carbocycles. The second-order valence-corrected chi connectivity index (χ2v) is 9.90. The normalized spacial score (nSPS) is 53.2. The molecule has 0 aromatic heterocycles. The molecule has 8 atom stereocenters. The summed E-state index contributed by atoms with van der Waals surface area (Å²) in [6.07, 6.45) is 0.457. The second kappa shape index (κ2) is 5.59. The molecule has 0 bridgehead atoms. The van der Waals surface area contributed by atoms with Gasteiger partial charge in [0, 0.05) is 22.7 Å². The van der Waals surface area contributed by atoms with E-state index < -0.39 is 51.7 Å². The maximum absolute atomic E-state index is 16.9. The van der Waals surface area contributed by atoms with E-state index in [1.165, 1.54) is 13.8 Å². The van der Waals surface area contributed by atoms with E-state index >= 15 is 8.78 Å². The number of ketones is 3. The summed E-state index contributed by atoms with van der Waals surface area (Å²) in [5.74, 6) is -3.75. The maximum atomic E-state index is 16.9. The van der Waals surface area contributed by atoms with E-state index in [1.54, 1.807) is 6.92 Å². The first-order chi connectivity index (χ1) is 12.8. The zero-order valence-electron chi connectivity index (χ0n) is 16.9. The Morgan fingerprint density at radius 3 is 2.43 bits per heavy atom. The third-order valence-electron chi connectivity index (χ3n) is 9.29. The molecule has 4 nitrogen and oxygen atoms in total. The van der Waals surface area contributed by atoms with Gasteiger partial charge in [-0.1, -0.05) is 20.8 Å². The average molecular weight is 394 g/mol. The largest absolute Gasteiger partial charge is 0.382 e. The van der Waals surface area contributed by atoms with Crippen molar-refractivity contribution in [3.8, 4) is 0 Å². The molecule has 154 valence electrons. The van der Waals surface area contributed by atoms with Crippen molar-refractivity contribution in [2.45, 2.75) is 77.2 Å². The van der Waals surface area contributed by atoms with Gasteiger partial charge in [-0.2, -0.15) is 0 Å². The van der Waals surface area contributed by atoms with Crippen LogP contribution in [0.15, 0.2) is 11.6 Å². The molecule has 0 spiro atoms. The number of rotatable bonds is 1. The van der Waals surface area contributed by atoms with Crippen molar-refractivity contribution in [2.24, 2.45) is 28.6 Å². The summed E-state index contributed by atoms with van der Waals surface area (Å²) in [7, 11) is 0. The Hall–Kier alpha value is -1.43. The summed E-state index contributed by atoms with van der Waals surface area (Å²) in [5.41, 5.74) is -5.48. The van der Waals surface area contributed by atoms with Crippen molar-refractivity contribution in [1.29, 1.82) is 0 Å². The van der Waals surface area contributed by atoms with Crippen LogP contribution in [0.3, 0.4) is 0 Å². The van der Waals surface area contributed by atoms with Gasteiger partial charge in [-0.25, -0.2) is 8.78 Å². The smallest absolute Gasteiger partial charge is 0.221 e. The quantitative estimate of drug-likeness (QED) is 0.693. The van der Waals surface area contributed by atoms with Gasteiger partial charge in [0.05, 0.1) is 0 Å². The minimum atomic E-state index is -1.86. The molecule has 28 heavy (non-hydrogen) atoms. The predicted octanol–water partition coefficient (Wildman–Crippen LogP) is 3.30. The lowest BCUT2D eigenvalue weighted by molar-refractivity contribution is -0.194. The molecule has 4 aliphatic rings. The van der Waals surface area contributed by atoms with E-state index in [0.717, 1.165) is 6.08 Å². The SMILES string of the molecule is CC(=O)[C@@]1(O)CC[C@H]2[C@@H]3CC(F)C4=CC(=O)C(=O)C(C)[C@]4(C)[C@@]3(F)CC[C@@]21C. The highest BCUT2D eigenvalue weighted by atomic mass is 19.1. The Balaban J connectivity index is 1.85. The Morgan fingerprint density at radius 2 is 1.82 bits per heavy atom. The third-order valence-corrected chi connectivity index (χ3v) is 9.29. The summed E-state index contributed by atoms with van der Waals surface area (Å²) in [6.45, 7) is 6.30. The molecule has 0 heterocycles. The van der Waals surface area contributed by atoms with Gasteiger partial charge in [0.1, 0.15) is 17.4 Å². The van der Waals surface area contributed by atoms with Gasteiger partial charge in [0.2, 0.25) is 11.6 Å². The fraction of sp³-hybridized carbons (Fsp3) is 0.773. The summed E-state index contributed by atoms with van der Waals surface area (Å²) < 4.78 is 32.2. The summed E-state index contributed by atoms with van der Waals surface area (Å²) in [4.78, 5) is 36.7. The molecule has 0 amide bonds. The molecule has 1 N–H and O–H groups in total. The van der Waals surface area contributed by atoms with Crippen LogP contribution in [-0.2, 0) is 14.4 Å². The molecule has 0 aromatic carbocycles. The topological polar surface area (TPSA) is 71.4 Å². The molecule has 4 aliphatic carbocycles. The zero-order valence-corrected chi connectivity index (χ0v) is 16.9. The van der Waals surface area contributed by atoms with Crippen LogP contribution in [0, 0.1) is 28.6 Å². The lowest BCUT2D eigenvalue weighted by atomic mass is 9.42. The van der Waals surface area contributed by atoms with Crippen LogP contribution in [0.4, 0.5) is 8.78 Å². The highest BCUT2D eigenvalue weighted by molar-refractivity contribution is 6.43. The van der Waals surface area contributed by atoms with Crippen LogP contribution in [0.5, 0.6) is 0 Å². The molecule has 6 heteroatoms. The number of allylic oxidation sites excluding steroid dienone is 1. The minimum Gasteiger partial charge on any atom is -0.382 e. The number of Topliss-reactive ketones (excluding diaryl/α,β-unsaturated/α-hetero) is 2. The number of halogens is 2. The molecule has 0 saturated heterocycles. The fourth-order valence-corrected chi connectivity index (χ4v) is 7.29. The molecule has 0 aromatic rings. The first-order valence-electron chi connectivity index (χ1n) is 10.2. The first kappa shape index (κ1) is 19.9. The highest BCUT2D eigenvalue weighted by Gasteiger charge is 2.73.